The zero-order chi connectivity index (χ0) is 12.2. The van der Waals surface area contributed by atoms with Gasteiger partial charge in [-0.25, -0.2) is 8.42 Å². The first-order chi connectivity index (χ1) is 7.44. The van der Waals surface area contributed by atoms with E-state index in [1.165, 1.54) is 7.11 Å². The number of rotatable bonds is 5. The third-order valence-corrected chi connectivity index (χ3v) is 3.56. The summed E-state index contributed by atoms with van der Waals surface area (Å²) in [6.07, 6.45) is 0. The summed E-state index contributed by atoms with van der Waals surface area (Å²) in [5.41, 5.74) is 6.41. The van der Waals surface area contributed by atoms with Gasteiger partial charge in [-0.2, -0.15) is 0 Å². The van der Waals surface area contributed by atoms with E-state index in [9.17, 15) is 8.42 Å². The molecular weight excluding hydrogens is 296 g/mol. The molecule has 1 aromatic carbocycles. The maximum atomic E-state index is 11.5. The summed E-state index contributed by atoms with van der Waals surface area (Å²) in [6.45, 7) is 0.145. The first-order valence-corrected chi connectivity index (χ1v) is 6.93. The van der Waals surface area contributed by atoms with Crippen LogP contribution in [0.25, 0.3) is 0 Å². The van der Waals surface area contributed by atoms with Crippen LogP contribution in [0.15, 0.2) is 22.7 Å². The zero-order valence-corrected chi connectivity index (χ0v) is 11.1. The Hall–Kier alpha value is -0.790. The third-order valence-electron chi connectivity index (χ3n) is 1.84. The van der Waals surface area contributed by atoms with Crippen LogP contribution >= 0.6 is 15.9 Å². The lowest BCUT2D eigenvalue weighted by atomic mass is 10.3. The van der Waals surface area contributed by atoms with Crippen molar-refractivity contribution in [3.63, 3.8) is 0 Å². The molecule has 0 aromatic heterocycles. The molecule has 7 heteroatoms. The number of nitrogens with two attached hydrogens (primary N) is 1. The molecule has 0 atom stereocenters. The highest BCUT2D eigenvalue weighted by atomic mass is 79.9. The van der Waals surface area contributed by atoms with Gasteiger partial charge in [-0.1, -0.05) is 15.9 Å². The number of nitrogens with one attached hydrogen (secondary N) is 1. The normalized spacial score (nSPS) is 11.4. The quantitative estimate of drug-likeness (QED) is 0.806. The Morgan fingerprint density at radius 1 is 1.50 bits per heavy atom. The Bertz CT molecular complexity index is 462. The number of halogens is 1. The van der Waals surface area contributed by atoms with Crippen molar-refractivity contribution in [2.45, 2.75) is 0 Å². The van der Waals surface area contributed by atoms with E-state index < -0.39 is 10.0 Å². The van der Waals surface area contributed by atoms with Crippen LogP contribution in [-0.4, -0.2) is 27.9 Å². The molecule has 0 amide bonds. The summed E-state index contributed by atoms with van der Waals surface area (Å²) in [6, 6.07) is 4.95. The SMILES string of the molecule is COCCS(=O)(=O)Nc1ccc(Br)cc1N. The predicted molar refractivity (Wildman–Crippen MR) is 67.8 cm³/mol. The molecule has 1 aromatic rings. The minimum Gasteiger partial charge on any atom is -0.397 e. The second-order valence-electron chi connectivity index (χ2n) is 3.15. The monoisotopic (exact) mass is 308 g/mol. The van der Waals surface area contributed by atoms with Crippen LogP contribution in [0.3, 0.4) is 0 Å². The second-order valence-corrected chi connectivity index (χ2v) is 5.90. The van der Waals surface area contributed by atoms with Gasteiger partial charge in [0.15, 0.2) is 0 Å². The summed E-state index contributed by atoms with van der Waals surface area (Å²) >= 11 is 3.24. The van der Waals surface area contributed by atoms with E-state index in [1.54, 1.807) is 18.2 Å². The largest absolute Gasteiger partial charge is 0.397 e. The average molecular weight is 309 g/mol. The second kappa shape index (κ2) is 5.51. The van der Waals surface area contributed by atoms with E-state index >= 15 is 0 Å². The van der Waals surface area contributed by atoms with Gasteiger partial charge in [-0.15, -0.1) is 0 Å². The van der Waals surface area contributed by atoms with Crippen LogP contribution in [0.2, 0.25) is 0 Å². The molecule has 0 fully saturated rings. The Morgan fingerprint density at radius 3 is 2.75 bits per heavy atom. The molecule has 0 aliphatic carbocycles. The fraction of sp³-hybridized carbons (Fsp3) is 0.333. The van der Waals surface area contributed by atoms with E-state index in [2.05, 4.69) is 20.7 Å². The average Bonchev–Trinajstić information content (AvgIpc) is 2.19. The number of sulfonamides is 1. The fourth-order valence-electron chi connectivity index (χ4n) is 1.04. The van der Waals surface area contributed by atoms with Crippen LogP contribution in [0.1, 0.15) is 0 Å². The van der Waals surface area contributed by atoms with E-state index in [4.69, 9.17) is 10.5 Å². The lowest BCUT2D eigenvalue weighted by molar-refractivity contribution is 0.217. The maximum absolute atomic E-state index is 11.5. The van der Waals surface area contributed by atoms with Crippen LogP contribution in [0, 0.1) is 0 Å². The number of ether oxygens (including phenoxy) is 1. The van der Waals surface area contributed by atoms with E-state index in [0.29, 0.717) is 11.4 Å². The number of methoxy groups -OCH3 is 1. The first-order valence-electron chi connectivity index (χ1n) is 4.49. The molecule has 5 nitrogen and oxygen atoms in total. The van der Waals surface area contributed by atoms with Gasteiger partial charge >= 0.3 is 0 Å². The summed E-state index contributed by atoms with van der Waals surface area (Å²) < 4.78 is 31.0. The Kier molecular flexibility index (Phi) is 4.57. The van der Waals surface area contributed by atoms with Gasteiger partial charge in [-0.05, 0) is 18.2 Å². The lowest BCUT2D eigenvalue weighted by Gasteiger charge is -2.10. The number of anilines is 2. The van der Waals surface area contributed by atoms with Crippen molar-refractivity contribution in [2.24, 2.45) is 0 Å². The smallest absolute Gasteiger partial charge is 0.235 e. The molecule has 0 heterocycles. The fourth-order valence-corrected chi connectivity index (χ4v) is 2.43. The first kappa shape index (κ1) is 13.3. The molecule has 0 bridgehead atoms. The summed E-state index contributed by atoms with van der Waals surface area (Å²) in [5.74, 6) is -0.0982. The van der Waals surface area contributed by atoms with E-state index in [-0.39, 0.29) is 12.4 Å². The highest BCUT2D eigenvalue weighted by molar-refractivity contribution is 9.10. The molecule has 0 unspecified atom stereocenters. The van der Waals surface area contributed by atoms with E-state index in [0.717, 1.165) is 4.47 Å². The number of hydrogen-bond donors (Lipinski definition) is 2. The van der Waals surface area contributed by atoms with Crippen molar-refractivity contribution in [3.8, 4) is 0 Å². The van der Waals surface area contributed by atoms with Crippen LogP contribution in [0.5, 0.6) is 0 Å². The standard InChI is InChI=1S/C9H13BrN2O3S/c1-15-4-5-16(13,14)12-9-3-2-7(10)6-8(9)11/h2-3,6,12H,4-5,11H2,1H3. The molecule has 0 saturated carbocycles. The van der Waals surface area contributed by atoms with E-state index in [1.807, 2.05) is 0 Å². The molecule has 0 radical (unpaired) electrons. The molecule has 16 heavy (non-hydrogen) atoms. The van der Waals surface area contributed by atoms with Gasteiger partial charge in [0.1, 0.15) is 0 Å². The van der Waals surface area contributed by atoms with Crippen molar-refractivity contribution in [1.29, 1.82) is 0 Å². The van der Waals surface area contributed by atoms with Crippen molar-refractivity contribution in [1.82, 2.24) is 0 Å². The molecule has 0 spiro atoms. The number of nitrogen functional groups attached to an aromatic ring is 1. The summed E-state index contributed by atoms with van der Waals surface area (Å²) in [4.78, 5) is 0. The molecular formula is C9H13BrN2O3S. The Labute approximate surface area is 103 Å². The van der Waals surface area contributed by atoms with Gasteiger partial charge < -0.3 is 10.5 Å². The zero-order valence-electron chi connectivity index (χ0n) is 8.73. The molecule has 0 aliphatic heterocycles. The highest BCUT2D eigenvalue weighted by Gasteiger charge is 2.11. The van der Waals surface area contributed by atoms with Crippen molar-refractivity contribution in [3.05, 3.63) is 22.7 Å². The van der Waals surface area contributed by atoms with Crippen LogP contribution < -0.4 is 10.5 Å². The summed E-state index contributed by atoms with van der Waals surface area (Å²) in [7, 11) is -1.95. The van der Waals surface area contributed by atoms with Gasteiger partial charge in [0.25, 0.3) is 0 Å². The van der Waals surface area contributed by atoms with Gasteiger partial charge in [0.05, 0.1) is 23.7 Å². The van der Waals surface area contributed by atoms with Crippen molar-refractivity contribution in [2.75, 3.05) is 29.9 Å². The maximum Gasteiger partial charge on any atom is 0.235 e. The minimum absolute atomic E-state index is 0.0982. The summed E-state index contributed by atoms with van der Waals surface area (Å²) in [5, 5.41) is 0. The Balaban J connectivity index is 2.80. The van der Waals surface area contributed by atoms with Gasteiger partial charge in [0, 0.05) is 11.6 Å². The van der Waals surface area contributed by atoms with Crippen molar-refractivity contribution < 1.29 is 13.2 Å². The lowest BCUT2D eigenvalue weighted by Crippen LogP contribution is -2.20. The molecule has 0 aliphatic rings. The molecule has 3 N–H and O–H groups in total. The topological polar surface area (TPSA) is 81.4 Å². The predicted octanol–water partition coefficient (Wildman–Crippen LogP) is 1.42. The number of benzene rings is 1. The molecule has 1 rings (SSSR count). The van der Waals surface area contributed by atoms with Gasteiger partial charge in [-0.3, -0.25) is 4.72 Å². The third kappa shape index (κ3) is 3.99. The van der Waals surface area contributed by atoms with Crippen LogP contribution in [0.4, 0.5) is 11.4 Å². The minimum atomic E-state index is -3.40. The molecule has 0 saturated heterocycles. The van der Waals surface area contributed by atoms with Crippen molar-refractivity contribution >= 4 is 37.3 Å². The Morgan fingerprint density at radius 2 is 2.19 bits per heavy atom. The molecule has 90 valence electrons. The number of hydrogen-bond acceptors (Lipinski definition) is 4. The van der Waals surface area contributed by atoms with Crippen LogP contribution in [-0.2, 0) is 14.8 Å². The van der Waals surface area contributed by atoms with Gasteiger partial charge in [0.2, 0.25) is 10.0 Å². The highest BCUT2D eigenvalue weighted by Crippen LogP contribution is 2.23.